The Bertz CT molecular complexity index is 663. The second kappa shape index (κ2) is 6.93. The van der Waals surface area contributed by atoms with E-state index in [1.165, 1.54) is 5.56 Å². The Labute approximate surface area is 129 Å². The molecule has 1 aliphatic heterocycles. The quantitative estimate of drug-likeness (QED) is 0.656. The molecule has 1 aromatic heterocycles. The monoisotopic (exact) mass is 297 g/mol. The average molecular weight is 297 g/mol. The van der Waals surface area contributed by atoms with Crippen molar-refractivity contribution >= 4 is 12.0 Å². The lowest BCUT2D eigenvalue weighted by atomic mass is 10.1. The molecular formula is C17H19N3O2. The average Bonchev–Trinajstić information content (AvgIpc) is 3.20. The van der Waals surface area contributed by atoms with Gasteiger partial charge in [0, 0.05) is 38.0 Å². The molecule has 0 spiro atoms. The van der Waals surface area contributed by atoms with Crippen molar-refractivity contribution in [3.8, 4) is 5.75 Å². The minimum Gasteiger partial charge on any atom is -0.493 e. The van der Waals surface area contributed by atoms with E-state index in [2.05, 4.69) is 16.5 Å². The van der Waals surface area contributed by atoms with Crippen molar-refractivity contribution in [3.63, 3.8) is 0 Å². The highest BCUT2D eigenvalue weighted by molar-refractivity contribution is 5.91. The highest BCUT2D eigenvalue weighted by atomic mass is 16.5. The van der Waals surface area contributed by atoms with E-state index in [0.29, 0.717) is 6.54 Å². The standard InChI is InChI=1S/C17H19N3O2/c21-17(18-8-1-10-20-11-2-9-19-20)6-4-14-3-5-16-15(13-14)7-12-22-16/h2-6,9,11,13H,1,7-8,10,12H2,(H,18,21). The zero-order valence-corrected chi connectivity index (χ0v) is 12.4. The molecule has 0 saturated heterocycles. The number of hydrogen-bond donors (Lipinski definition) is 1. The molecule has 5 heteroatoms. The van der Waals surface area contributed by atoms with Gasteiger partial charge in [0.05, 0.1) is 6.61 Å². The number of amides is 1. The highest BCUT2D eigenvalue weighted by Crippen LogP contribution is 2.26. The van der Waals surface area contributed by atoms with Crippen molar-refractivity contribution < 1.29 is 9.53 Å². The van der Waals surface area contributed by atoms with Crippen LogP contribution in [0.3, 0.4) is 0 Å². The number of ether oxygens (including phenoxy) is 1. The molecule has 0 atom stereocenters. The third-order valence-corrected chi connectivity index (χ3v) is 3.56. The van der Waals surface area contributed by atoms with Crippen LogP contribution in [0.5, 0.6) is 5.75 Å². The summed E-state index contributed by atoms with van der Waals surface area (Å²) in [5.41, 5.74) is 2.23. The normalized spacial score (nSPS) is 13.1. The zero-order chi connectivity index (χ0) is 15.2. The number of aryl methyl sites for hydroxylation is 1. The Morgan fingerprint density at radius 3 is 3.27 bits per heavy atom. The summed E-state index contributed by atoms with van der Waals surface area (Å²) in [6.45, 7) is 2.20. The van der Waals surface area contributed by atoms with Crippen LogP contribution in [-0.2, 0) is 17.8 Å². The third kappa shape index (κ3) is 3.75. The van der Waals surface area contributed by atoms with Crippen LogP contribution in [0.1, 0.15) is 17.5 Å². The van der Waals surface area contributed by atoms with Gasteiger partial charge in [0.25, 0.3) is 0 Å². The van der Waals surface area contributed by atoms with Crippen molar-refractivity contribution in [3.05, 3.63) is 53.9 Å². The maximum atomic E-state index is 11.8. The van der Waals surface area contributed by atoms with E-state index in [4.69, 9.17) is 4.74 Å². The fourth-order valence-electron chi connectivity index (χ4n) is 2.43. The van der Waals surface area contributed by atoms with Gasteiger partial charge >= 0.3 is 0 Å². The predicted octanol–water partition coefficient (Wildman–Crippen LogP) is 2.04. The molecule has 1 aliphatic rings. The maximum absolute atomic E-state index is 11.8. The van der Waals surface area contributed by atoms with Gasteiger partial charge in [-0.3, -0.25) is 9.48 Å². The first-order valence-corrected chi connectivity index (χ1v) is 7.50. The first kappa shape index (κ1) is 14.4. The molecule has 3 rings (SSSR count). The van der Waals surface area contributed by atoms with Crippen LogP contribution in [0.4, 0.5) is 0 Å². The Kier molecular flexibility index (Phi) is 4.53. The van der Waals surface area contributed by atoms with Gasteiger partial charge in [-0.1, -0.05) is 6.07 Å². The van der Waals surface area contributed by atoms with Gasteiger partial charge in [0.2, 0.25) is 5.91 Å². The number of nitrogens with zero attached hydrogens (tertiary/aromatic N) is 2. The van der Waals surface area contributed by atoms with E-state index in [0.717, 1.165) is 37.3 Å². The number of hydrogen-bond acceptors (Lipinski definition) is 3. The summed E-state index contributed by atoms with van der Waals surface area (Å²) in [6.07, 6.45) is 8.88. The summed E-state index contributed by atoms with van der Waals surface area (Å²) in [5.74, 6) is 0.887. The topological polar surface area (TPSA) is 56.1 Å². The van der Waals surface area contributed by atoms with E-state index in [9.17, 15) is 4.79 Å². The number of carbonyl (C=O) groups excluding carboxylic acids is 1. The summed E-state index contributed by atoms with van der Waals surface area (Å²) in [4.78, 5) is 11.8. The lowest BCUT2D eigenvalue weighted by Gasteiger charge is -2.03. The third-order valence-electron chi connectivity index (χ3n) is 3.56. The molecule has 0 radical (unpaired) electrons. The summed E-state index contributed by atoms with van der Waals surface area (Å²) in [6, 6.07) is 7.89. The molecule has 1 amide bonds. The molecule has 0 saturated carbocycles. The second-order valence-corrected chi connectivity index (χ2v) is 5.21. The summed E-state index contributed by atoms with van der Waals surface area (Å²) >= 11 is 0. The molecular weight excluding hydrogens is 278 g/mol. The van der Waals surface area contributed by atoms with Crippen molar-refractivity contribution in [2.75, 3.05) is 13.2 Å². The number of benzene rings is 1. The van der Waals surface area contributed by atoms with E-state index in [1.54, 1.807) is 12.3 Å². The molecule has 1 N–H and O–H groups in total. The Balaban J connectivity index is 1.43. The second-order valence-electron chi connectivity index (χ2n) is 5.21. The van der Waals surface area contributed by atoms with Crippen molar-refractivity contribution in [1.82, 2.24) is 15.1 Å². The minimum absolute atomic E-state index is 0.0720. The van der Waals surface area contributed by atoms with Crippen LogP contribution in [0.25, 0.3) is 6.08 Å². The van der Waals surface area contributed by atoms with Gasteiger partial charge in [-0.2, -0.15) is 5.10 Å². The molecule has 0 unspecified atom stereocenters. The van der Waals surface area contributed by atoms with Crippen molar-refractivity contribution in [1.29, 1.82) is 0 Å². The lowest BCUT2D eigenvalue weighted by molar-refractivity contribution is -0.116. The first-order chi connectivity index (χ1) is 10.8. The van der Waals surface area contributed by atoms with Gasteiger partial charge in [-0.15, -0.1) is 0 Å². The fourth-order valence-corrected chi connectivity index (χ4v) is 2.43. The summed E-state index contributed by atoms with van der Waals surface area (Å²) in [7, 11) is 0. The van der Waals surface area contributed by atoms with Crippen LogP contribution in [-0.4, -0.2) is 28.8 Å². The van der Waals surface area contributed by atoms with E-state index in [1.807, 2.05) is 35.2 Å². The SMILES string of the molecule is O=C(C=Cc1ccc2c(c1)CCO2)NCCCn1cccn1. The lowest BCUT2D eigenvalue weighted by Crippen LogP contribution is -2.23. The number of carbonyl (C=O) groups is 1. The molecule has 2 heterocycles. The van der Waals surface area contributed by atoms with Crippen LogP contribution in [0.15, 0.2) is 42.7 Å². The first-order valence-electron chi connectivity index (χ1n) is 7.50. The van der Waals surface area contributed by atoms with Gasteiger partial charge in [0.1, 0.15) is 5.75 Å². The number of rotatable bonds is 6. The highest BCUT2D eigenvalue weighted by Gasteiger charge is 2.10. The predicted molar refractivity (Wildman–Crippen MR) is 84.5 cm³/mol. The van der Waals surface area contributed by atoms with Crippen molar-refractivity contribution in [2.24, 2.45) is 0 Å². The number of nitrogens with one attached hydrogen (secondary N) is 1. The van der Waals surface area contributed by atoms with Gasteiger partial charge < -0.3 is 10.1 Å². The molecule has 5 nitrogen and oxygen atoms in total. The van der Waals surface area contributed by atoms with E-state index in [-0.39, 0.29) is 5.91 Å². The van der Waals surface area contributed by atoms with E-state index >= 15 is 0 Å². The van der Waals surface area contributed by atoms with Gasteiger partial charge in [-0.05, 0) is 41.8 Å². The van der Waals surface area contributed by atoms with Crippen molar-refractivity contribution in [2.45, 2.75) is 19.4 Å². The molecule has 0 aliphatic carbocycles. The largest absolute Gasteiger partial charge is 0.493 e. The Morgan fingerprint density at radius 1 is 1.45 bits per heavy atom. The van der Waals surface area contributed by atoms with Crippen LogP contribution < -0.4 is 10.1 Å². The number of aromatic nitrogens is 2. The Morgan fingerprint density at radius 2 is 2.41 bits per heavy atom. The van der Waals surface area contributed by atoms with Crippen LogP contribution in [0, 0.1) is 0 Å². The molecule has 114 valence electrons. The van der Waals surface area contributed by atoms with E-state index < -0.39 is 0 Å². The summed E-state index contributed by atoms with van der Waals surface area (Å²) < 4.78 is 7.32. The molecule has 2 aromatic rings. The zero-order valence-electron chi connectivity index (χ0n) is 12.4. The molecule has 1 aromatic carbocycles. The molecule has 0 fully saturated rings. The summed E-state index contributed by atoms with van der Waals surface area (Å²) in [5, 5.41) is 6.99. The van der Waals surface area contributed by atoms with Crippen LogP contribution in [0.2, 0.25) is 0 Å². The minimum atomic E-state index is -0.0720. The number of fused-ring (bicyclic) bond motifs is 1. The maximum Gasteiger partial charge on any atom is 0.244 e. The van der Waals surface area contributed by atoms with Gasteiger partial charge in [-0.25, -0.2) is 0 Å². The van der Waals surface area contributed by atoms with Gasteiger partial charge in [0.15, 0.2) is 0 Å². The fraction of sp³-hybridized carbons (Fsp3) is 0.294. The van der Waals surface area contributed by atoms with Crippen LogP contribution >= 0.6 is 0 Å². The molecule has 0 bridgehead atoms. The smallest absolute Gasteiger partial charge is 0.244 e. The Hall–Kier alpha value is -2.56. The molecule has 22 heavy (non-hydrogen) atoms.